The van der Waals surface area contributed by atoms with E-state index in [-0.39, 0.29) is 4.75 Å². The van der Waals surface area contributed by atoms with Crippen molar-refractivity contribution in [2.24, 2.45) is 0 Å². The molecule has 0 saturated carbocycles. The van der Waals surface area contributed by atoms with Crippen LogP contribution in [0.2, 0.25) is 5.15 Å². The van der Waals surface area contributed by atoms with E-state index >= 15 is 0 Å². The molecule has 2 nitrogen and oxygen atoms in total. The second-order valence-corrected chi connectivity index (χ2v) is 6.43. The largest absolute Gasteiger partial charge is 0.154 e. The molecule has 78 valence electrons. The van der Waals surface area contributed by atoms with E-state index in [0.717, 1.165) is 16.2 Å². The van der Waals surface area contributed by atoms with Gasteiger partial charge in [-0.15, -0.1) is 10.2 Å². The minimum atomic E-state index is 0.152. The van der Waals surface area contributed by atoms with Crippen LogP contribution in [0.15, 0.2) is 5.03 Å². The van der Waals surface area contributed by atoms with E-state index in [1.54, 1.807) is 11.8 Å². The van der Waals surface area contributed by atoms with Gasteiger partial charge in [0.1, 0.15) is 5.03 Å². The first-order chi connectivity index (χ1) is 6.31. The average Bonchev–Trinajstić information content (AvgIpc) is 2.04. The first kappa shape index (κ1) is 11.8. The van der Waals surface area contributed by atoms with Crippen molar-refractivity contribution in [2.75, 3.05) is 0 Å². The van der Waals surface area contributed by atoms with Gasteiger partial charge in [0.15, 0.2) is 5.15 Å². The average molecular weight is 231 g/mol. The number of nitrogens with zero attached hydrogens (tertiary/aromatic N) is 2. The van der Waals surface area contributed by atoms with Crippen molar-refractivity contribution in [3.63, 3.8) is 0 Å². The third kappa shape index (κ3) is 2.85. The fraction of sp³-hybridized carbons (Fsp3) is 0.600. The summed E-state index contributed by atoms with van der Waals surface area (Å²) in [7, 11) is 0. The Morgan fingerprint density at radius 2 is 1.64 bits per heavy atom. The second kappa shape index (κ2) is 4.07. The quantitative estimate of drug-likeness (QED) is 0.689. The van der Waals surface area contributed by atoms with Crippen molar-refractivity contribution in [2.45, 2.75) is 44.4 Å². The van der Waals surface area contributed by atoms with Crippen LogP contribution in [0, 0.1) is 13.8 Å². The molecule has 0 aliphatic carbocycles. The predicted molar refractivity (Wildman–Crippen MR) is 62.1 cm³/mol. The molecule has 4 heteroatoms. The Hall–Kier alpha value is -0.280. The van der Waals surface area contributed by atoms with Gasteiger partial charge in [0, 0.05) is 4.75 Å². The maximum Gasteiger partial charge on any atom is 0.154 e. The van der Waals surface area contributed by atoms with Gasteiger partial charge in [-0.3, -0.25) is 0 Å². The smallest absolute Gasteiger partial charge is 0.142 e. The predicted octanol–water partition coefficient (Wildman–Crippen LogP) is 3.64. The SMILES string of the molecule is Cc1c(Cl)nnc(SC(C)(C)C)c1C. The molecule has 0 aliphatic rings. The molecule has 0 fully saturated rings. The maximum atomic E-state index is 5.87. The number of halogens is 1. The van der Waals surface area contributed by atoms with Crippen molar-refractivity contribution in [1.29, 1.82) is 0 Å². The van der Waals surface area contributed by atoms with Crippen LogP contribution in [0.1, 0.15) is 31.9 Å². The molecule has 0 radical (unpaired) electrons. The Labute approximate surface area is 94.5 Å². The van der Waals surface area contributed by atoms with Gasteiger partial charge in [-0.25, -0.2) is 0 Å². The molecule has 0 atom stereocenters. The summed E-state index contributed by atoms with van der Waals surface area (Å²) < 4.78 is 0.152. The Morgan fingerprint density at radius 1 is 1.07 bits per heavy atom. The Kier molecular flexibility index (Phi) is 3.43. The molecular formula is C10H15ClN2S. The van der Waals surface area contributed by atoms with Gasteiger partial charge in [-0.1, -0.05) is 44.1 Å². The molecule has 0 bridgehead atoms. The first-order valence-corrected chi connectivity index (χ1v) is 5.69. The highest BCUT2D eigenvalue weighted by Gasteiger charge is 2.17. The minimum Gasteiger partial charge on any atom is -0.142 e. The van der Waals surface area contributed by atoms with E-state index < -0.39 is 0 Å². The number of thioether (sulfide) groups is 1. The van der Waals surface area contributed by atoms with E-state index in [9.17, 15) is 0 Å². The normalized spacial score (nSPS) is 11.9. The lowest BCUT2D eigenvalue weighted by Crippen LogP contribution is -2.09. The number of aromatic nitrogens is 2. The molecule has 0 unspecified atom stereocenters. The summed E-state index contributed by atoms with van der Waals surface area (Å²) in [4.78, 5) is 0. The van der Waals surface area contributed by atoms with Crippen LogP contribution in [0.5, 0.6) is 0 Å². The number of hydrogen-bond acceptors (Lipinski definition) is 3. The molecule has 0 N–H and O–H groups in total. The third-order valence-corrected chi connectivity index (χ3v) is 3.38. The van der Waals surface area contributed by atoms with Crippen LogP contribution in [0.3, 0.4) is 0 Å². The lowest BCUT2D eigenvalue weighted by Gasteiger charge is -2.18. The van der Waals surface area contributed by atoms with Gasteiger partial charge in [-0.2, -0.15) is 0 Å². The number of hydrogen-bond donors (Lipinski definition) is 0. The van der Waals surface area contributed by atoms with Gasteiger partial charge in [0.25, 0.3) is 0 Å². The molecule has 0 spiro atoms. The van der Waals surface area contributed by atoms with E-state index in [1.807, 2.05) is 13.8 Å². The fourth-order valence-corrected chi connectivity index (χ4v) is 2.09. The van der Waals surface area contributed by atoms with E-state index in [4.69, 9.17) is 11.6 Å². The second-order valence-electron chi connectivity index (χ2n) is 4.26. The lowest BCUT2D eigenvalue weighted by molar-refractivity contribution is 0.789. The molecular weight excluding hydrogens is 216 g/mol. The van der Waals surface area contributed by atoms with Crippen molar-refractivity contribution in [1.82, 2.24) is 10.2 Å². The van der Waals surface area contributed by atoms with E-state index in [0.29, 0.717) is 5.15 Å². The third-order valence-electron chi connectivity index (χ3n) is 1.82. The summed E-state index contributed by atoms with van der Waals surface area (Å²) in [5.41, 5.74) is 2.15. The van der Waals surface area contributed by atoms with Crippen LogP contribution < -0.4 is 0 Å². The molecule has 0 aromatic carbocycles. The van der Waals surface area contributed by atoms with Crippen LogP contribution in [0.4, 0.5) is 0 Å². The molecule has 0 saturated heterocycles. The van der Waals surface area contributed by atoms with Crippen LogP contribution >= 0.6 is 23.4 Å². The van der Waals surface area contributed by atoms with Gasteiger partial charge in [0.2, 0.25) is 0 Å². The monoisotopic (exact) mass is 230 g/mol. The highest BCUT2D eigenvalue weighted by atomic mass is 35.5. The van der Waals surface area contributed by atoms with Crippen LogP contribution in [-0.2, 0) is 0 Å². The maximum absolute atomic E-state index is 5.87. The molecule has 0 aliphatic heterocycles. The van der Waals surface area contributed by atoms with Gasteiger partial charge < -0.3 is 0 Å². The van der Waals surface area contributed by atoms with Crippen molar-refractivity contribution >= 4 is 23.4 Å². The van der Waals surface area contributed by atoms with E-state index in [2.05, 4.69) is 31.0 Å². The van der Waals surface area contributed by atoms with Gasteiger partial charge >= 0.3 is 0 Å². The first-order valence-electron chi connectivity index (χ1n) is 4.49. The zero-order valence-electron chi connectivity index (χ0n) is 9.18. The standard InChI is InChI=1S/C10H15ClN2S/c1-6-7(2)9(13-12-8(6)11)14-10(3,4)5/h1-5H3. The van der Waals surface area contributed by atoms with Crippen molar-refractivity contribution < 1.29 is 0 Å². The van der Waals surface area contributed by atoms with E-state index in [1.165, 1.54) is 0 Å². The number of rotatable bonds is 1. The fourth-order valence-electron chi connectivity index (χ4n) is 0.941. The summed E-state index contributed by atoms with van der Waals surface area (Å²) in [6, 6.07) is 0. The highest BCUT2D eigenvalue weighted by molar-refractivity contribution is 8.00. The molecule has 0 amide bonds. The summed E-state index contributed by atoms with van der Waals surface area (Å²) in [6.45, 7) is 10.5. The van der Waals surface area contributed by atoms with Gasteiger partial charge in [0.05, 0.1) is 0 Å². The van der Waals surface area contributed by atoms with Crippen LogP contribution in [0.25, 0.3) is 0 Å². The molecule has 1 heterocycles. The Bertz CT molecular complexity index is 345. The summed E-state index contributed by atoms with van der Waals surface area (Å²) in [6.07, 6.45) is 0. The summed E-state index contributed by atoms with van der Waals surface area (Å²) in [5.74, 6) is 0. The van der Waals surface area contributed by atoms with Crippen LogP contribution in [-0.4, -0.2) is 14.9 Å². The Morgan fingerprint density at radius 3 is 2.14 bits per heavy atom. The summed E-state index contributed by atoms with van der Waals surface area (Å²) in [5, 5.41) is 9.50. The summed E-state index contributed by atoms with van der Waals surface area (Å²) >= 11 is 7.59. The Balaban J connectivity index is 3.06. The molecule has 1 aromatic heterocycles. The zero-order chi connectivity index (χ0) is 10.9. The van der Waals surface area contributed by atoms with Crippen molar-refractivity contribution in [3.05, 3.63) is 16.3 Å². The zero-order valence-corrected chi connectivity index (χ0v) is 10.8. The lowest BCUT2D eigenvalue weighted by atomic mass is 10.2. The topological polar surface area (TPSA) is 25.8 Å². The molecule has 1 aromatic rings. The van der Waals surface area contributed by atoms with Crippen molar-refractivity contribution in [3.8, 4) is 0 Å². The molecule has 1 rings (SSSR count). The minimum absolute atomic E-state index is 0.152. The molecule has 14 heavy (non-hydrogen) atoms. The highest BCUT2D eigenvalue weighted by Crippen LogP contribution is 2.33. The van der Waals surface area contributed by atoms with Gasteiger partial charge in [-0.05, 0) is 25.0 Å².